The number of carbonyl (C=O) groups excluding carboxylic acids is 1. The highest BCUT2D eigenvalue weighted by Crippen LogP contribution is 2.20. The summed E-state index contributed by atoms with van der Waals surface area (Å²) in [5, 5.41) is 0. The average molecular weight is 266 g/mol. The van der Waals surface area contributed by atoms with E-state index in [1.54, 1.807) is 0 Å². The maximum absolute atomic E-state index is 12.1. The number of hydrogen-bond acceptors (Lipinski definition) is 1. The summed E-state index contributed by atoms with van der Waals surface area (Å²) in [6, 6.07) is 8.66. The van der Waals surface area contributed by atoms with Gasteiger partial charge < -0.3 is 4.90 Å². The van der Waals surface area contributed by atoms with Gasteiger partial charge in [0.15, 0.2) is 0 Å². The van der Waals surface area contributed by atoms with Gasteiger partial charge in [0.05, 0.1) is 0 Å². The topological polar surface area (TPSA) is 20.3 Å². The van der Waals surface area contributed by atoms with Crippen LogP contribution in [0.15, 0.2) is 24.3 Å². The van der Waals surface area contributed by atoms with Gasteiger partial charge in [-0.25, -0.2) is 0 Å². The second-order valence-corrected chi connectivity index (χ2v) is 5.33. The number of nitrogens with zero attached hydrogens (tertiary/aromatic N) is 1. The van der Waals surface area contributed by atoms with Crippen LogP contribution in [0.5, 0.6) is 0 Å². The van der Waals surface area contributed by atoms with E-state index in [1.165, 1.54) is 11.1 Å². The molecule has 3 heteroatoms. The van der Waals surface area contributed by atoms with Crippen LogP contribution in [0.4, 0.5) is 0 Å². The molecular weight excluding hydrogens is 246 g/mol. The molecule has 1 amide bonds. The smallest absolute Gasteiger partial charge is 0.223 e. The number of halogens is 1. The van der Waals surface area contributed by atoms with Gasteiger partial charge in [0.2, 0.25) is 5.91 Å². The first-order valence-electron chi connectivity index (χ1n) is 6.61. The molecule has 1 saturated heterocycles. The van der Waals surface area contributed by atoms with E-state index in [-0.39, 0.29) is 11.9 Å². The maximum atomic E-state index is 12.1. The molecule has 1 fully saturated rings. The average Bonchev–Trinajstić information content (AvgIpc) is 2.86. The van der Waals surface area contributed by atoms with Gasteiger partial charge in [-0.15, -0.1) is 11.6 Å². The lowest BCUT2D eigenvalue weighted by molar-refractivity contribution is -0.131. The Morgan fingerprint density at radius 2 is 2.11 bits per heavy atom. The van der Waals surface area contributed by atoms with Crippen LogP contribution >= 0.6 is 11.6 Å². The summed E-state index contributed by atoms with van der Waals surface area (Å²) in [6.07, 6.45) is 3.56. The second kappa shape index (κ2) is 6.24. The van der Waals surface area contributed by atoms with Gasteiger partial charge in [-0.1, -0.05) is 29.8 Å². The molecule has 98 valence electrons. The predicted octanol–water partition coefficient (Wildman–Crippen LogP) is 3.16. The van der Waals surface area contributed by atoms with Crippen molar-refractivity contribution in [2.24, 2.45) is 0 Å². The molecule has 1 heterocycles. The first-order chi connectivity index (χ1) is 8.70. The van der Waals surface area contributed by atoms with Crippen molar-refractivity contribution in [2.75, 3.05) is 12.4 Å². The van der Waals surface area contributed by atoms with Crippen molar-refractivity contribution in [1.29, 1.82) is 0 Å². The number of amides is 1. The molecule has 2 rings (SSSR count). The zero-order valence-electron chi connectivity index (χ0n) is 10.9. The normalized spacial score (nSPS) is 19.2. The van der Waals surface area contributed by atoms with Crippen molar-refractivity contribution in [3.63, 3.8) is 0 Å². The van der Waals surface area contributed by atoms with Crippen LogP contribution in [0.3, 0.4) is 0 Å². The van der Waals surface area contributed by atoms with Crippen molar-refractivity contribution in [3.8, 4) is 0 Å². The second-order valence-electron chi connectivity index (χ2n) is 5.02. The summed E-state index contributed by atoms with van der Waals surface area (Å²) in [6.45, 7) is 2.95. The van der Waals surface area contributed by atoms with Gasteiger partial charge in [-0.05, 0) is 31.7 Å². The fraction of sp³-hybridized carbons (Fsp3) is 0.533. The molecule has 0 saturated carbocycles. The molecule has 1 aromatic carbocycles. The third-order valence-corrected chi connectivity index (χ3v) is 3.98. The molecule has 0 aromatic heterocycles. The van der Waals surface area contributed by atoms with Crippen molar-refractivity contribution in [2.45, 2.75) is 38.6 Å². The highest BCUT2D eigenvalue weighted by molar-refractivity contribution is 6.18. The van der Waals surface area contributed by atoms with Gasteiger partial charge in [-0.3, -0.25) is 4.79 Å². The predicted molar refractivity (Wildman–Crippen MR) is 75.0 cm³/mol. The Bertz CT molecular complexity index is 401. The van der Waals surface area contributed by atoms with E-state index in [2.05, 4.69) is 31.2 Å². The number of rotatable bonds is 4. The first-order valence-corrected chi connectivity index (χ1v) is 7.15. The lowest BCUT2D eigenvalue weighted by Gasteiger charge is -2.22. The molecule has 18 heavy (non-hydrogen) atoms. The molecule has 0 N–H and O–H groups in total. The van der Waals surface area contributed by atoms with Gasteiger partial charge in [0.25, 0.3) is 0 Å². The summed E-state index contributed by atoms with van der Waals surface area (Å²) in [5.74, 6) is 0.815. The highest BCUT2D eigenvalue weighted by Gasteiger charge is 2.27. The zero-order chi connectivity index (χ0) is 13.0. The Morgan fingerprint density at radius 1 is 1.39 bits per heavy atom. The summed E-state index contributed by atoms with van der Waals surface area (Å²) < 4.78 is 0. The van der Waals surface area contributed by atoms with E-state index in [9.17, 15) is 4.79 Å². The summed E-state index contributed by atoms with van der Waals surface area (Å²) in [5.41, 5.74) is 2.49. The van der Waals surface area contributed by atoms with E-state index in [4.69, 9.17) is 11.6 Å². The van der Waals surface area contributed by atoms with E-state index in [0.717, 1.165) is 25.8 Å². The molecule has 0 spiro atoms. The molecule has 0 bridgehead atoms. The van der Waals surface area contributed by atoms with E-state index < -0.39 is 0 Å². The maximum Gasteiger partial charge on any atom is 0.223 e. The third kappa shape index (κ3) is 3.26. The van der Waals surface area contributed by atoms with Crippen molar-refractivity contribution in [1.82, 2.24) is 4.90 Å². The molecule has 1 aromatic rings. The number of likely N-dealkylation sites (tertiary alicyclic amines) is 1. The van der Waals surface area contributed by atoms with E-state index >= 15 is 0 Å². The zero-order valence-corrected chi connectivity index (χ0v) is 11.6. The minimum Gasteiger partial charge on any atom is -0.339 e. The number of alkyl halides is 1. The molecule has 1 atom stereocenters. The quantitative estimate of drug-likeness (QED) is 0.766. The van der Waals surface area contributed by atoms with Gasteiger partial charge >= 0.3 is 0 Å². The van der Waals surface area contributed by atoms with Crippen LogP contribution in [-0.2, 0) is 11.2 Å². The van der Waals surface area contributed by atoms with Gasteiger partial charge in [0.1, 0.15) is 0 Å². The van der Waals surface area contributed by atoms with Crippen LogP contribution in [0, 0.1) is 6.92 Å². The Kier molecular flexibility index (Phi) is 4.65. The molecule has 0 radical (unpaired) electrons. The Labute approximate surface area is 114 Å². The van der Waals surface area contributed by atoms with E-state index in [1.807, 2.05) is 4.90 Å². The minimum absolute atomic E-state index is 0.249. The van der Waals surface area contributed by atoms with Gasteiger partial charge in [0, 0.05) is 24.9 Å². The number of carbonyl (C=O) groups is 1. The Balaban J connectivity index is 1.86. The van der Waals surface area contributed by atoms with E-state index in [0.29, 0.717) is 12.3 Å². The summed E-state index contributed by atoms with van der Waals surface area (Å²) in [7, 11) is 0. The fourth-order valence-electron chi connectivity index (χ4n) is 2.47. The summed E-state index contributed by atoms with van der Waals surface area (Å²) >= 11 is 5.89. The molecule has 1 unspecified atom stereocenters. The molecule has 0 aliphatic carbocycles. The van der Waals surface area contributed by atoms with Crippen LogP contribution < -0.4 is 0 Å². The highest BCUT2D eigenvalue weighted by atomic mass is 35.5. The molecule has 1 aliphatic heterocycles. The lowest BCUT2D eigenvalue weighted by Crippen LogP contribution is -2.36. The SMILES string of the molecule is Cc1ccc(CCC(=O)N2CCCC2CCl)cc1. The van der Waals surface area contributed by atoms with Crippen molar-refractivity contribution < 1.29 is 4.79 Å². The number of hydrogen-bond donors (Lipinski definition) is 0. The third-order valence-electron chi connectivity index (χ3n) is 3.62. The van der Waals surface area contributed by atoms with Gasteiger partial charge in [-0.2, -0.15) is 0 Å². The Morgan fingerprint density at radius 3 is 2.78 bits per heavy atom. The van der Waals surface area contributed by atoms with Crippen LogP contribution in [0.2, 0.25) is 0 Å². The molecular formula is C15H20ClNO. The molecule has 2 nitrogen and oxygen atoms in total. The fourth-order valence-corrected chi connectivity index (χ4v) is 2.79. The Hall–Kier alpha value is -1.02. The van der Waals surface area contributed by atoms with Crippen LogP contribution in [0.1, 0.15) is 30.4 Å². The van der Waals surface area contributed by atoms with Crippen molar-refractivity contribution >= 4 is 17.5 Å². The standard InChI is InChI=1S/C15H20ClNO/c1-12-4-6-13(7-5-12)8-9-15(18)17-10-2-3-14(17)11-16/h4-7,14H,2-3,8-11H2,1H3. The monoisotopic (exact) mass is 265 g/mol. The van der Waals surface area contributed by atoms with Crippen molar-refractivity contribution in [3.05, 3.63) is 35.4 Å². The van der Waals surface area contributed by atoms with Crippen LogP contribution in [-0.4, -0.2) is 29.3 Å². The number of benzene rings is 1. The minimum atomic E-state index is 0.249. The molecule has 1 aliphatic rings. The largest absolute Gasteiger partial charge is 0.339 e. The number of aryl methyl sites for hydroxylation is 2. The van der Waals surface area contributed by atoms with Crippen LogP contribution in [0.25, 0.3) is 0 Å². The summed E-state index contributed by atoms with van der Waals surface area (Å²) in [4.78, 5) is 14.1. The first kappa shape index (κ1) is 13.4. The lowest BCUT2D eigenvalue weighted by atomic mass is 10.1.